The molecule has 0 saturated carbocycles. The fourth-order valence-corrected chi connectivity index (χ4v) is 1.02. The molecular weight excluding hydrogens is 132 g/mol. The van der Waals surface area contributed by atoms with E-state index in [-0.39, 0.29) is 18.2 Å². The van der Waals surface area contributed by atoms with E-state index < -0.39 is 0 Å². The SMILES string of the molecule is CCOC1OC(=O)C[C@@H]1C. The third-order valence-electron chi connectivity index (χ3n) is 1.53. The first-order valence-corrected chi connectivity index (χ1v) is 3.55. The van der Waals surface area contributed by atoms with E-state index in [1.54, 1.807) is 0 Å². The molecule has 1 heterocycles. The van der Waals surface area contributed by atoms with Crippen molar-refractivity contribution in [1.82, 2.24) is 0 Å². The second-order valence-corrected chi connectivity index (χ2v) is 2.50. The van der Waals surface area contributed by atoms with E-state index in [9.17, 15) is 4.79 Å². The monoisotopic (exact) mass is 144 g/mol. The predicted molar refractivity (Wildman–Crippen MR) is 35.3 cm³/mol. The molecule has 1 unspecified atom stereocenters. The smallest absolute Gasteiger partial charge is 0.308 e. The summed E-state index contributed by atoms with van der Waals surface area (Å²) >= 11 is 0. The number of cyclic esters (lactones) is 1. The molecule has 10 heavy (non-hydrogen) atoms. The highest BCUT2D eigenvalue weighted by Crippen LogP contribution is 2.21. The van der Waals surface area contributed by atoms with Gasteiger partial charge in [-0.15, -0.1) is 0 Å². The van der Waals surface area contributed by atoms with Gasteiger partial charge in [0, 0.05) is 12.5 Å². The van der Waals surface area contributed by atoms with Crippen molar-refractivity contribution in [1.29, 1.82) is 0 Å². The largest absolute Gasteiger partial charge is 0.435 e. The fourth-order valence-electron chi connectivity index (χ4n) is 1.02. The Balaban J connectivity index is 2.38. The van der Waals surface area contributed by atoms with Gasteiger partial charge in [0.15, 0.2) is 0 Å². The van der Waals surface area contributed by atoms with E-state index in [4.69, 9.17) is 9.47 Å². The lowest BCUT2D eigenvalue weighted by molar-refractivity contribution is -0.165. The summed E-state index contributed by atoms with van der Waals surface area (Å²) in [7, 11) is 0. The molecule has 0 radical (unpaired) electrons. The Morgan fingerprint density at radius 3 is 2.90 bits per heavy atom. The maximum atomic E-state index is 10.6. The van der Waals surface area contributed by atoms with Gasteiger partial charge in [-0.2, -0.15) is 0 Å². The molecule has 0 aromatic carbocycles. The summed E-state index contributed by atoms with van der Waals surface area (Å²) in [4.78, 5) is 10.6. The van der Waals surface area contributed by atoms with Crippen molar-refractivity contribution < 1.29 is 14.3 Å². The highest BCUT2D eigenvalue weighted by atomic mass is 16.7. The summed E-state index contributed by atoms with van der Waals surface area (Å²) in [5.41, 5.74) is 0. The molecule has 0 amide bonds. The van der Waals surface area contributed by atoms with Crippen molar-refractivity contribution in [3.05, 3.63) is 0 Å². The zero-order chi connectivity index (χ0) is 7.56. The molecule has 3 nitrogen and oxygen atoms in total. The number of rotatable bonds is 2. The van der Waals surface area contributed by atoms with Crippen molar-refractivity contribution in [2.75, 3.05) is 6.61 Å². The van der Waals surface area contributed by atoms with E-state index >= 15 is 0 Å². The van der Waals surface area contributed by atoms with Crippen molar-refractivity contribution in [3.63, 3.8) is 0 Å². The van der Waals surface area contributed by atoms with Gasteiger partial charge in [-0.25, -0.2) is 0 Å². The number of hydrogen-bond donors (Lipinski definition) is 0. The summed E-state index contributed by atoms with van der Waals surface area (Å²) in [6, 6.07) is 0. The zero-order valence-corrected chi connectivity index (χ0v) is 6.29. The zero-order valence-electron chi connectivity index (χ0n) is 6.29. The van der Waals surface area contributed by atoms with Crippen molar-refractivity contribution in [2.45, 2.75) is 26.6 Å². The fraction of sp³-hybridized carbons (Fsp3) is 0.857. The van der Waals surface area contributed by atoms with Crippen LogP contribution in [-0.4, -0.2) is 18.9 Å². The van der Waals surface area contributed by atoms with Crippen LogP contribution in [0, 0.1) is 5.92 Å². The second-order valence-electron chi connectivity index (χ2n) is 2.50. The minimum atomic E-state index is -0.294. The van der Waals surface area contributed by atoms with Gasteiger partial charge in [0.1, 0.15) is 0 Å². The average molecular weight is 144 g/mol. The van der Waals surface area contributed by atoms with Gasteiger partial charge in [0.05, 0.1) is 6.42 Å². The van der Waals surface area contributed by atoms with E-state index in [1.807, 2.05) is 13.8 Å². The maximum absolute atomic E-state index is 10.6. The number of carbonyl (C=O) groups is 1. The molecule has 0 aliphatic carbocycles. The van der Waals surface area contributed by atoms with Crippen LogP contribution in [0.25, 0.3) is 0 Å². The van der Waals surface area contributed by atoms with Gasteiger partial charge < -0.3 is 9.47 Å². The van der Waals surface area contributed by atoms with Crippen LogP contribution in [0.15, 0.2) is 0 Å². The molecule has 3 heteroatoms. The van der Waals surface area contributed by atoms with Crippen LogP contribution in [0.4, 0.5) is 0 Å². The van der Waals surface area contributed by atoms with Crippen molar-refractivity contribution in [2.24, 2.45) is 5.92 Å². The maximum Gasteiger partial charge on any atom is 0.308 e. The highest BCUT2D eigenvalue weighted by Gasteiger charge is 2.31. The van der Waals surface area contributed by atoms with Crippen LogP contribution >= 0.6 is 0 Å². The van der Waals surface area contributed by atoms with Crippen LogP contribution in [-0.2, 0) is 14.3 Å². The van der Waals surface area contributed by atoms with Gasteiger partial charge in [0.2, 0.25) is 6.29 Å². The van der Waals surface area contributed by atoms with Crippen molar-refractivity contribution >= 4 is 5.97 Å². The second kappa shape index (κ2) is 3.01. The van der Waals surface area contributed by atoms with Crippen molar-refractivity contribution in [3.8, 4) is 0 Å². The third-order valence-corrected chi connectivity index (χ3v) is 1.53. The first-order chi connectivity index (χ1) is 4.74. The Morgan fingerprint density at radius 2 is 2.50 bits per heavy atom. The summed E-state index contributed by atoms with van der Waals surface area (Å²) in [5.74, 6) is 0.0680. The van der Waals surface area contributed by atoms with Crippen LogP contribution in [0.2, 0.25) is 0 Å². The number of carbonyl (C=O) groups excluding carboxylic acids is 1. The Labute approximate surface area is 60.3 Å². The lowest BCUT2D eigenvalue weighted by Gasteiger charge is -2.12. The Bertz CT molecular complexity index is 133. The summed E-state index contributed by atoms with van der Waals surface area (Å²) in [5, 5.41) is 0. The first kappa shape index (κ1) is 7.54. The van der Waals surface area contributed by atoms with Gasteiger partial charge >= 0.3 is 5.97 Å². The molecule has 1 aliphatic heterocycles. The first-order valence-electron chi connectivity index (χ1n) is 3.55. The minimum Gasteiger partial charge on any atom is -0.435 e. The summed E-state index contributed by atoms with van der Waals surface area (Å²) < 4.78 is 10.00. The molecule has 1 aliphatic rings. The van der Waals surface area contributed by atoms with Crippen LogP contribution < -0.4 is 0 Å². The summed E-state index contributed by atoms with van der Waals surface area (Å²) in [6.07, 6.45) is 0.197. The van der Waals surface area contributed by atoms with Crippen LogP contribution in [0.5, 0.6) is 0 Å². The Hall–Kier alpha value is -0.570. The molecule has 58 valence electrons. The minimum absolute atomic E-state index is 0.147. The Morgan fingerprint density at radius 1 is 1.80 bits per heavy atom. The molecule has 1 fully saturated rings. The highest BCUT2D eigenvalue weighted by molar-refractivity contribution is 5.71. The third kappa shape index (κ3) is 1.48. The van der Waals surface area contributed by atoms with Gasteiger partial charge in [-0.3, -0.25) is 4.79 Å². The van der Waals surface area contributed by atoms with Gasteiger partial charge in [0.25, 0.3) is 0 Å². The molecular formula is C7H12O3. The predicted octanol–water partition coefficient (Wildman–Crippen LogP) is 0.932. The van der Waals surface area contributed by atoms with Gasteiger partial charge in [-0.1, -0.05) is 6.92 Å². The topological polar surface area (TPSA) is 35.5 Å². The lowest BCUT2D eigenvalue weighted by atomic mass is 10.1. The van der Waals surface area contributed by atoms with E-state index in [2.05, 4.69) is 0 Å². The lowest BCUT2D eigenvalue weighted by Crippen LogP contribution is -2.17. The molecule has 0 spiro atoms. The number of hydrogen-bond acceptors (Lipinski definition) is 3. The van der Waals surface area contributed by atoms with E-state index in [1.165, 1.54) is 0 Å². The van der Waals surface area contributed by atoms with Crippen LogP contribution in [0.1, 0.15) is 20.3 Å². The number of esters is 1. The molecule has 0 N–H and O–H groups in total. The van der Waals surface area contributed by atoms with E-state index in [0.29, 0.717) is 13.0 Å². The van der Waals surface area contributed by atoms with E-state index in [0.717, 1.165) is 0 Å². The number of ether oxygens (including phenoxy) is 2. The normalized spacial score (nSPS) is 32.4. The molecule has 1 rings (SSSR count). The quantitative estimate of drug-likeness (QED) is 0.541. The molecule has 2 atom stereocenters. The molecule has 0 bridgehead atoms. The average Bonchev–Trinajstić information content (AvgIpc) is 2.13. The Kier molecular flexibility index (Phi) is 2.27. The molecule has 1 saturated heterocycles. The standard InChI is InChI=1S/C7H12O3/c1-3-9-7-5(2)4-6(8)10-7/h5,7H,3-4H2,1-2H3/t5-,7?/m0/s1. The molecule has 0 aromatic heterocycles. The molecule has 0 aromatic rings. The van der Waals surface area contributed by atoms with Gasteiger partial charge in [-0.05, 0) is 6.92 Å². The van der Waals surface area contributed by atoms with Crippen LogP contribution in [0.3, 0.4) is 0 Å². The summed E-state index contributed by atoms with van der Waals surface area (Å²) in [6.45, 7) is 4.44.